The highest BCUT2D eigenvalue weighted by molar-refractivity contribution is 6.35. The zero-order valence-electron chi connectivity index (χ0n) is 17.3. The number of nitrogens with one attached hydrogen (secondary N) is 1. The zero-order chi connectivity index (χ0) is 19.2. The summed E-state index contributed by atoms with van der Waals surface area (Å²) in [5.41, 5.74) is 0. The van der Waals surface area contributed by atoms with Crippen LogP contribution in [0.25, 0.3) is 0 Å². The van der Waals surface area contributed by atoms with Crippen LogP contribution in [0.5, 0.6) is 0 Å². The number of nitrogens with zero attached hydrogens (tertiary/aromatic N) is 3. The Morgan fingerprint density at radius 1 is 0.963 bits per heavy atom. The molecule has 2 atom stereocenters. The third-order valence-electron chi connectivity index (χ3n) is 6.92. The van der Waals surface area contributed by atoms with E-state index >= 15 is 0 Å². The number of likely N-dealkylation sites (N-methyl/N-ethyl adjacent to an activating group) is 1. The highest BCUT2D eigenvalue weighted by Gasteiger charge is 2.33. The van der Waals surface area contributed by atoms with Gasteiger partial charge in [0.05, 0.1) is 0 Å². The number of likely N-dealkylation sites (tertiary alicyclic amines) is 2. The highest BCUT2D eigenvalue weighted by Crippen LogP contribution is 2.27. The van der Waals surface area contributed by atoms with Crippen LogP contribution in [0.1, 0.15) is 58.8 Å². The van der Waals surface area contributed by atoms with Crippen molar-refractivity contribution < 1.29 is 9.59 Å². The zero-order valence-corrected chi connectivity index (χ0v) is 17.3. The monoisotopic (exact) mass is 378 g/mol. The average Bonchev–Trinajstić information content (AvgIpc) is 3.39. The van der Waals surface area contributed by atoms with E-state index in [9.17, 15) is 9.59 Å². The molecular formula is C21H38N4O2. The van der Waals surface area contributed by atoms with E-state index in [0.717, 1.165) is 38.5 Å². The first kappa shape index (κ1) is 20.6. The molecule has 0 aromatic rings. The van der Waals surface area contributed by atoms with Crippen LogP contribution in [0.2, 0.25) is 0 Å². The van der Waals surface area contributed by atoms with Crippen LogP contribution >= 0.6 is 0 Å². The van der Waals surface area contributed by atoms with E-state index in [2.05, 4.69) is 29.0 Å². The standard InChI is InChI=1S/C21H38N4O2/c1-3-23(4-2)19-11-13-25(16-19)21(27)20(26)22-14-17-8-7-12-24(15-17)18-9-5-6-10-18/h17-19H,3-16H2,1-2H3,(H,22,26). The summed E-state index contributed by atoms with van der Waals surface area (Å²) in [6.45, 7) is 10.6. The second-order valence-electron chi connectivity index (χ2n) is 8.57. The van der Waals surface area contributed by atoms with Crippen LogP contribution in [0.3, 0.4) is 0 Å². The Morgan fingerprint density at radius 3 is 2.41 bits per heavy atom. The predicted octanol–water partition coefficient (Wildman–Crippen LogP) is 1.70. The van der Waals surface area contributed by atoms with Crippen molar-refractivity contribution in [2.45, 2.75) is 70.9 Å². The lowest BCUT2D eigenvalue weighted by Gasteiger charge is -2.36. The smallest absolute Gasteiger partial charge is 0.311 e. The van der Waals surface area contributed by atoms with Gasteiger partial charge in [-0.2, -0.15) is 0 Å². The fourth-order valence-electron chi connectivity index (χ4n) is 5.29. The van der Waals surface area contributed by atoms with Gasteiger partial charge in [-0.05, 0) is 57.7 Å². The summed E-state index contributed by atoms with van der Waals surface area (Å²) >= 11 is 0. The number of hydrogen-bond donors (Lipinski definition) is 1. The molecule has 0 radical (unpaired) electrons. The van der Waals surface area contributed by atoms with E-state index in [4.69, 9.17) is 0 Å². The molecule has 6 heteroatoms. The molecule has 6 nitrogen and oxygen atoms in total. The second kappa shape index (κ2) is 9.87. The van der Waals surface area contributed by atoms with E-state index in [1.54, 1.807) is 4.90 Å². The van der Waals surface area contributed by atoms with Gasteiger partial charge in [0.1, 0.15) is 0 Å². The van der Waals surface area contributed by atoms with Crippen molar-refractivity contribution in [2.24, 2.45) is 5.92 Å². The van der Waals surface area contributed by atoms with E-state index in [1.165, 1.54) is 38.6 Å². The van der Waals surface area contributed by atoms with Gasteiger partial charge in [0, 0.05) is 38.3 Å². The van der Waals surface area contributed by atoms with Crippen LogP contribution in [0.15, 0.2) is 0 Å². The predicted molar refractivity (Wildman–Crippen MR) is 107 cm³/mol. The summed E-state index contributed by atoms with van der Waals surface area (Å²) in [6, 6.07) is 1.15. The van der Waals surface area contributed by atoms with E-state index in [0.29, 0.717) is 31.6 Å². The Bertz CT molecular complexity index is 502. The van der Waals surface area contributed by atoms with Crippen molar-refractivity contribution in [1.29, 1.82) is 0 Å². The highest BCUT2D eigenvalue weighted by atomic mass is 16.2. The third kappa shape index (κ3) is 5.23. The first-order valence-electron chi connectivity index (χ1n) is 11.2. The molecule has 2 aliphatic heterocycles. The molecule has 0 bridgehead atoms. The summed E-state index contributed by atoms with van der Waals surface area (Å²) in [6.07, 6.45) is 8.73. The molecule has 154 valence electrons. The van der Waals surface area contributed by atoms with Gasteiger partial charge in [-0.15, -0.1) is 0 Å². The number of hydrogen-bond acceptors (Lipinski definition) is 4. The summed E-state index contributed by atoms with van der Waals surface area (Å²) in [7, 11) is 0. The van der Waals surface area contributed by atoms with Crippen molar-refractivity contribution in [2.75, 3.05) is 45.8 Å². The second-order valence-corrected chi connectivity index (χ2v) is 8.57. The van der Waals surface area contributed by atoms with Crippen LogP contribution in [0, 0.1) is 5.92 Å². The molecule has 27 heavy (non-hydrogen) atoms. The molecule has 0 aromatic heterocycles. The molecule has 1 saturated carbocycles. The van der Waals surface area contributed by atoms with Crippen LogP contribution in [-0.4, -0.2) is 84.4 Å². The maximum Gasteiger partial charge on any atom is 0.311 e. The molecule has 1 aliphatic carbocycles. The van der Waals surface area contributed by atoms with E-state index in [-0.39, 0.29) is 5.91 Å². The van der Waals surface area contributed by atoms with Gasteiger partial charge in [0.25, 0.3) is 0 Å². The fourth-order valence-corrected chi connectivity index (χ4v) is 5.29. The van der Waals surface area contributed by atoms with Gasteiger partial charge < -0.3 is 15.1 Å². The van der Waals surface area contributed by atoms with Crippen LogP contribution < -0.4 is 5.32 Å². The van der Waals surface area contributed by atoms with Crippen molar-refractivity contribution in [3.63, 3.8) is 0 Å². The first-order chi connectivity index (χ1) is 13.1. The molecular weight excluding hydrogens is 340 g/mol. The van der Waals surface area contributed by atoms with Gasteiger partial charge in [0.15, 0.2) is 0 Å². The Morgan fingerprint density at radius 2 is 1.70 bits per heavy atom. The quantitative estimate of drug-likeness (QED) is 0.715. The molecule has 2 amide bonds. The number of piperidine rings is 1. The lowest BCUT2D eigenvalue weighted by Crippen LogP contribution is -2.48. The van der Waals surface area contributed by atoms with Gasteiger partial charge in [0.2, 0.25) is 0 Å². The minimum Gasteiger partial charge on any atom is -0.348 e. The SMILES string of the molecule is CCN(CC)C1CCN(C(=O)C(=O)NCC2CCCN(C3CCCC3)C2)C1. The van der Waals surface area contributed by atoms with Gasteiger partial charge in [-0.1, -0.05) is 26.7 Å². The lowest BCUT2D eigenvalue weighted by atomic mass is 9.96. The topological polar surface area (TPSA) is 55.9 Å². The third-order valence-corrected chi connectivity index (χ3v) is 6.92. The molecule has 1 N–H and O–H groups in total. The molecule has 0 spiro atoms. The minimum absolute atomic E-state index is 0.340. The summed E-state index contributed by atoms with van der Waals surface area (Å²) in [4.78, 5) is 31.7. The largest absolute Gasteiger partial charge is 0.348 e. The number of carbonyl (C=O) groups excluding carboxylic acids is 2. The normalized spacial score (nSPS) is 27.4. The Balaban J connectivity index is 1.41. The van der Waals surface area contributed by atoms with Crippen LogP contribution in [-0.2, 0) is 9.59 Å². The lowest BCUT2D eigenvalue weighted by molar-refractivity contribution is -0.145. The van der Waals surface area contributed by atoms with Gasteiger partial charge in [-0.3, -0.25) is 14.5 Å². The van der Waals surface area contributed by atoms with Gasteiger partial charge >= 0.3 is 11.8 Å². The summed E-state index contributed by atoms with van der Waals surface area (Å²) in [5, 5.41) is 2.94. The maximum atomic E-state index is 12.5. The van der Waals surface area contributed by atoms with Crippen molar-refractivity contribution >= 4 is 11.8 Å². The van der Waals surface area contributed by atoms with Crippen LogP contribution in [0.4, 0.5) is 0 Å². The van der Waals surface area contributed by atoms with Crippen molar-refractivity contribution in [1.82, 2.24) is 20.0 Å². The molecule has 2 heterocycles. The Kier molecular flexibility index (Phi) is 7.53. The molecule has 3 rings (SSSR count). The van der Waals surface area contributed by atoms with E-state index < -0.39 is 5.91 Å². The first-order valence-corrected chi connectivity index (χ1v) is 11.2. The van der Waals surface area contributed by atoms with E-state index in [1.807, 2.05) is 0 Å². The summed E-state index contributed by atoms with van der Waals surface area (Å²) < 4.78 is 0. The Labute approximate surface area is 164 Å². The van der Waals surface area contributed by atoms with Crippen molar-refractivity contribution in [3.8, 4) is 0 Å². The maximum absolute atomic E-state index is 12.5. The Hall–Kier alpha value is -1.14. The minimum atomic E-state index is -0.409. The molecule has 3 fully saturated rings. The molecule has 3 aliphatic rings. The van der Waals surface area contributed by atoms with Crippen molar-refractivity contribution in [3.05, 3.63) is 0 Å². The number of rotatable bonds is 6. The fraction of sp³-hybridized carbons (Fsp3) is 0.905. The molecule has 2 saturated heterocycles. The van der Waals surface area contributed by atoms with Gasteiger partial charge in [-0.25, -0.2) is 0 Å². The number of amides is 2. The average molecular weight is 379 g/mol. The summed E-state index contributed by atoms with van der Waals surface area (Å²) in [5.74, 6) is -0.264. The number of carbonyl (C=O) groups is 2. The molecule has 2 unspecified atom stereocenters. The molecule has 0 aromatic carbocycles.